The Balaban J connectivity index is 1.56. The van der Waals surface area contributed by atoms with E-state index in [1.54, 1.807) is 54.7 Å². The van der Waals surface area contributed by atoms with Gasteiger partial charge in [-0.3, -0.25) is 9.78 Å². The monoisotopic (exact) mass is 366 g/mol. The molecule has 0 spiro atoms. The molecule has 1 amide bonds. The molecule has 0 aliphatic rings. The summed E-state index contributed by atoms with van der Waals surface area (Å²) in [7, 11) is 0. The molecule has 1 aromatic carbocycles. The summed E-state index contributed by atoms with van der Waals surface area (Å²) < 4.78 is 10.5. The van der Waals surface area contributed by atoms with E-state index in [1.165, 1.54) is 6.20 Å². The van der Waals surface area contributed by atoms with Crippen LogP contribution in [0.15, 0.2) is 69.9 Å². The second-order valence-corrected chi connectivity index (χ2v) is 5.68. The van der Waals surface area contributed by atoms with Gasteiger partial charge < -0.3 is 14.3 Å². The van der Waals surface area contributed by atoms with E-state index in [-0.39, 0.29) is 17.0 Å². The van der Waals surface area contributed by atoms with Gasteiger partial charge in [0.1, 0.15) is 0 Å². The van der Waals surface area contributed by atoms with E-state index in [1.807, 2.05) is 0 Å². The van der Waals surface area contributed by atoms with Gasteiger partial charge in [0.05, 0.1) is 5.56 Å². The van der Waals surface area contributed by atoms with Crippen molar-refractivity contribution in [3.05, 3.63) is 71.7 Å². The number of halogens is 1. The number of aromatic nitrogens is 3. The lowest BCUT2D eigenvalue weighted by atomic mass is 10.2. The number of benzene rings is 1. The quantitative estimate of drug-likeness (QED) is 0.578. The number of carbonyl (C=O) groups is 1. The van der Waals surface area contributed by atoms with Crippen molar-refractivity contribution in [1.82, 2.24) is 15.1 Å². The molecule has 128 valence electrons. The van der Waals surface area contributed by atoms with Crippen molar-refractivity contribution in [2.24, 2.45) is 0 Å². The number of hydrogen-bond acceptors (Lipinski definition) is 6. The van der Waals surface area contributed by atoms with Crippen LogP contribution < -0.4 is 5.32 Å². The topological polar surface area (TPSA) is 94.1 Å². The minimum atomic E-state index is -0.258. The minimum Gasteiger partial charge on any atom is -0.441 e. The Kier molecular flexibility index (Phi) is 4.20. The third-order valence-corrected chi connectivity index (χ3v) is 3.71. The second kappa shape index (κ2) is 6.81. The van der Waals surface area contributed by atoms with Gasteiger partial charge in [0.2, 0.25) is 5.82 Å². The number of carbonyl (C=O) groups excluding carboxylic acids is 1. The Morgan fingerprint density at radius 2 is 2.04 bits per heavy atom. The lowest BCUT2D eigenvalue weighted by molar-refractivity contribution is 0.102. The highest BCUT2D eigenvalue weighted by atomic mass is 35.5. The summed E-state index contributed by atoms with van der Waals surface area (Å²) >= 11 is 5.76. The molecule has 4 aromatic rings. The zero-order valence-corrected chi connectivity index (χ0v) is 14.0. The fourth-order valence-electron chi connectivity index (χ4n) is 2.31. The average Bonchev–Trinajstić information content (AvgIpc) is 3.32. The first-order valence-corrected chi connectivity index (χ1v) is 7.98. The molecule has 0 saturated heterocycles. The number of furan rings is 1. The first-order valence-electron chi connectivity index (χ1n) is 7.60. The van der Waals surface area contributed by atoms with Crippen LogP contribution >= 0.6 is 11.6 Å². The van der Waals surface area contributed by atoms with Crippen molar-refractivity contribution in [3.63, 3.8) is 0 Å². The third kappa shape index (κ3) is 3.33. The van der Waals surface area contributed by atoms with Gasteiger partial charge in [-0.25, -0.2) is 0 Å². The highest BCUT2D eigenvalue weighted by molar-refractivity contribution is 6.28. The number of amides is 1. The van der Waals surface area contributed by atoms with Crippen LogP contribution in [-0.2, 0) is 0 Å². The van der Waals surface area contributed by atoms with Gasteiger partial charge in [0.15, 0.2) is 11.0 Å². The SMILES string of the molecule is O=C(Nc1cccc(-c2nc(-c3ccc(Cl)o3)no2)c1)c1cccnc1. The number of hydrogen-bond donors (Lipinski definition) is 1. The fraction of sp³-hybridized carbons (Fsp3) is 0. The molecule has 7 nitrogen and oxygen atoms in total. The maximum atomic E-state index is 12.2. The molecule has 26 heavy (non-hydrogen) atoms. The third-order valence-electron chi connectivity index (χ3n) is 3.51. The maximum Gasteiger partial charge on any atom is 0.258 e. The Morgan fingerprint density at radius 3 is 2.81 bits per heavy atom. The number of anilines is 1. The Morgan fingerprint density at radius 1 is 1.12 bits per heavy atom. The van der Waals surface area contributed by atoms with Gasteiger partial charge in [-0.15, -0.1) is 0 Å². The Labute approximate surface area is 152 Å². The molecule has 0 fully saturated rings. The molecular formula is C18H11ClN4O3. The summed E-state index contributed by atoms with van der Waals surface area (Å²) in [5, 5.41) is 6.93. The molecule has 3 heterocycles. The molecule has 1 N–H and O–H groups in total. The lowest BCUT2D eigenvalue weighted by Crippen LogP contribution is -2.11. The maximum absolute atomic E-state index is 12.2. The molecule has 0 unspecified atom stereocenters. The first kappa shape index (κ1) is 16.0. The predicted octanol–water partition coefficient (Wildman–Crippen LogP) is 4.30. The summed E-state index contributed by atoms with van der Waals surface area (Å²) in [6.45, 7) is 0. The van der Waals surface area contributed by atoms with Crippen molar-refractivity contribution in [1.29, 1.82) is 0 Å². The van der Waals surface area contributed by atoms with Crippen LogP contribution in [0.3, 0.4) is 0 Å². The van der Waals surface area contributed by atoms with Crippen LogP contribution in [0.4, 0.5) is 5.69 Å². The highest BCUT2D eigenvalue weighted by Crippen LogP contribution is 2.26. The molecular weight excluding hydrogens is 356 g/mol. The summed E-state index contributed by atoms with van der Waals surface area (Å²) in [6.07, 6.45) is 3.11. The summed E-state index contributed by atoms with van der Waals surface area (Å²) in [4.78, 5) is 20.4. The van der Waals surface area contributed by atoms with E-state index in [4.69, 9.17) is 20.5 Å². The number of pyridine rings is 1. The second-order valence-electron chi connectivity index (χ2n) is 5.30. The largest absolute Gasteiger partial charge is 0.441 e. The van der Waals surface area contributed by atoms with E-state index in [2.05, 4.69) is 20.4 Å². The average molecular weight is 367 g/mol. The van der Waals surface area contributed by atoms with Crippen LogP contribution in [0.5, 0.6) is 0 Å². The fourth-order valence-corrected chi connectivity index (χ4v) is 2.45. The summed E-state index contributed by atoms with van der Waals surface area (Å²) in [5.41, 5.74) is 1.72. The normalized spacial score (nSPS) is 10.7. The van der Waals surface area contributed by atoms with Crippen molar-refractivity contribution in [2.45, 2.75) is 0 Å². The molecule has 3 aromatic heterocycles. The van der Waals surface area contributed by atoms with Crippen LogP contribution in [0.2, 0.25) is 5.22 Å². The van der Waals surface area contributed by atoms with Gasteiger partial charge >= 0.3 is 0 Å². The molecule has 0 bridgehead atoms. The van der Waals surface area contributed by atoms with E-state index in [0.717, 1.165) is 0 Å². The van der Waals surface area contributed by atoms with E-state index >= 15 is 0 Å². The van der Waals surface area contributed by atoms with E-state index in [0.29, 0.717) is 28.5 Å². The predicted molar refractivity (Wildman–Crippen MR) is 94.6 cm³/mol. The van der Waals surface area contributed by atoms with Crippen LogP contribution in [-0.4, -0.2) is 21.0 Å². The zero-order valence-electron chi connectivity index (χ0n) is 13.2. The minimum absolute atomic E-state index is 0.242. The van der Waals surface area contributed by atoms with Crippen molar-refractivity contribution >= 4 is 23.2 Å². The van der Waals surface area contributed by atoms with Crippen LogP contribution in [0.25, 0.3) is 23.0 Å². The first-order chi connectivity index (χ1) is 12.7. The zero-order chi connectivity index (χ0) is 17.9. The van der Waals surface area contributed by atoms with Gasteiger partial charge in [-0.05, 0) is 54.1 Å². The molecule has 0 atom stereocenters. The summed E-state index contributed by atoms with van der Waals surface area (Å²) in [5.74, 6) is 0.736. The molecule has 0 saturated carbocycles. The number of rotatable bonds is 4. The Hall–Kier alpha value is -3.45. The van der Waals surface area contributed by atoms with Gasteiger partial charge in [0, 0.05) is 23.6 Å². The molecule has 4 rings (SSSR count). The molecule has 8 heteroatoms. The molecule has 0 radical (unpaired) electrons. The highest BCUT2D eigenvalue weighted by Gasteiger charge is 2.14. The molecule has 0 aliphatic carbocycles. The Bertz CT molecular complexity index is 1060. The standard InChI is InChI=1S/C18H11ClN4O3/c19-15-7-6-14(25-15)16-22-18(26-23-16)11-3-1-5-13(9-11)21-17(24)12-4-2-8-20-10-12/h1-10H,(H,21,24). The van der Waals surface area contributed by atoms with Gasteiger partial charge in [0.25, 0.3) is 11.8 Å². The molecule has 0 aliphatic heterocycles. The van der Waals surface area contributed by atoms with Gasteiger partial charge in [-0.2, -0.15) is 4.98 Å². The van der Waals surface area contributed by atoms with Gasteiger partial charge in [-0.1, -0.05) is 11.2 Å². The smallest absolute Gasteiger partial charge is 0.258 e. The number of nitrogens with zero attached hydrogens (tertiary/aromatic N) is 3. The lowest BCUT2D eigenvalue weighted by Gasteiger charge is -2.05. The van der Waals surface area contributed by atoms with Crippen molar-refractivity contribution in [2.75, 3.05) is 5.32 Å². The van der Waals surface area contributed by atoms with Crippen LogP contribution in [0.1, 0.15) is 10.4 Å². The summed E-state index contributed by atoms with van der Waals surface area (Å²) in [6, 6.07) is 13.7. The number of nitrogens with one attached hydrogen (secondary N) is 1. The van der Waals surface area contributed by atoms with Crippen molar-refractivity contribution < 1.29 is 13.7 Å². The van der Waals surface area contributed by atoms with Crippen LogP contribution in [0, 0.1) is 0 Å². The van der Waals surface area contributed by atoms with E-state index in [9.17, 15) is 4.79 Å². The van der Waals surface area contributed by atoms with Crippen molar-refractivity contribution in [3.8, 4) is 23.0 Å². The van der Waals surface area contributed by atoms with E-state index < -0.39 is 0 Å².